The van der Waals surface area contributed by atoms with Gasteiger partial charge in [-0.1, -0.05) is 6.92 Å². The number of hydrogen-bond donors (Lipinski definition) is 2. The van der Waals surface area contributed by atoms with Crippen LogP contribution in [0.15, 0.2) is 12.4 Å². The van der Waals surface area contributed by atoms with E-state index in [4.69, 9.17) is 5.73 Å². The maximum atomic E-state index is 11.4. The van der Waals surface area contributed by atoms with E-state index in [9.17, 15) is 4.79 Å². The van der Waals surface area contributed by atoms with Crippen molar-refractivity contribution in [3.63, 3.8) is 0 Å². The number of nitrogens with zero attached hydrogens (tertiary/aromatic N) is 2. The Labute approximate surface area is 102 Å². The average molecular weight is 238 g/mol. The molecule has 17 heavy (non-hydrogen) atoms. The van der Waals surface area contributed by atoms with E-state index in [1.54, 1.807) is 6.20 Å². The highest BCUT2D eigenvalue weighted by molar-refractivity contribution is 5.81. The molecule has 0 saturated carbocycles. The van der Waals surface area contributed by atoms with Crippen LogP contribution in [0.4, 0.5) is 0 Å². The normalized spacial score (nSPS) is 12.4. The summed E-state index contributed by atoms with van der Waals surface area (Å²) in [6.07, 6.45) is 6.44. The van der Waals surface area contributed by atoms with Gasteiger partial charge in [0.25, 0.3) is 0 Å². The van der Waals surface area contributed by atoms with Crippen molar-refractivity contribution < 1.29 is 4.79 Å². The summed E-state index contributed by atoms with van der Waals surface area (Å²) in [5, 5.41) is 2.84. The molecule has 1 aromatic heterocycles. The van der Waals surface area contributed by atoms with Crippen molar-refractivity contribution in [1.82, 2.24) is 14.9 Å². The first-order chi connectivity index (χ1) is 8.15. The molecular formula is C12H22N4O. The maximum absolute atomic E-state index is 11.4. The van der Waals surface area contributed by atoms with E-state index in [2.05, 4.69) is 14.9 Å². The summed E-state index contributed by atoms with van der Waals surface area (Å²) in [5.74, 6) is 0.980. The van der Waals surface area contributed by atoms with Gasteiger partial charge >= 0.3 is 0 Å². The first-order valence-corrected chi connectivity index (χ1v) is 6.16. The molecule has 0 aliphatic rings. The molecule has 1 amide bonds. The minimum atomic E-state index is -0.370. The zero-order chi connectivity index (χ0) is 12.7. The monoisotopic (exact) mass is 238 g/mol. The topological polar surface area (TPSA) is 72.9 Å². The van der Waals surface area contributed by atoms with E-state index in [1.165, 1.54) is 0 Å². The molecular weight excluding hydrogens is 216 g/mol. The summed E-state index contributed by atoms with van der Waals surface area (Å²) >= 11 is 0. The number of hydrogen-bond acceptors (Lipinski definition) is 3. The van der Waals surface area contributed by atoms with Crippen molar-refractivity contribution in [3.05, 3.63) is 18.2 Å². The largest absolute Gasteiger partial charge is 0.355 e. The molecule has 0 aliphatic heterocycles. The lowest BCUT2D eigenvalue weighted by Crippen LogP contribution is -2.40. The quantitative estimate of drug-likeness (QED) is 0.691. The lowest BCUT2D eigenvalue weighted by molar-refractivity contribution is -0.122. The third-order valence-electron chi connectivity index (χ3n) is 2.83. The van der Waals surface area contributed by atoms with Crippen LogP contribution in [0.2, 0.25) is 0 Å². The van der Waals surface area contributed by atoms with Crippen molar-refractivity contribution >= 4 is 5.91 Å². The van der Waals surface area contributed by atoms with Gasteiger partial charge in [-0.2, -0.15) is 0 Å². The fourth-order valence-electron chi connectivity index (χ4n) is 1.58. The van der Waals surface area contributed by atoms with Gasteiger partial charge in [-0.3, -0.25) is 4.79 Å². The highest BCUT2D eigenvalue weighted by Gasteiger charge is 2.08. The van der Waals surface area contributed by atoms with Gasteiger partial charge < -0.3 is 15.6 Å². The minimum Gasteiger partial charge on any atom is -0.355 e. The molecule has 0 saturated heterocycles. The van der Waals surface area contributed by atoms with Gasteiger partial charge in [-0.05, 0) is 26.2 Å². The van der Waals surface area contributed by atoms with Gasteiger partial charge in [-0.15, -0.1) is 0 Å². The third kappa shape index (κ3) is 4.56. The van der Waals surface area contributed by atoms with E-state index in [1.807, 2.05) is 20.0 Å². The van der Waals surface area contributed by atoms with Crippen LogP contribution in [0, 0.1) is 6.92 Å². The number of aromatic nitrogens is 2. The lowest BCUT2D eigenvalue weighted by atomic mass is 10.2. The zero-order valence-electron chi connectivity index (χ0n) is 10.6. The first kappa shape index (κ1) is 13.7. The Bertz CT molecular complexity index is 348. The molecule has 96 valence electrons. The Kier molecular flexibility index (Phi) is 5.69. The van der Waals surface area contributed by atoms with E-state index < -0.39 is 0 Å². The standard InChI is InChI=1S/C12H22N4O/c1-3-11(13)12(17)15-6-4-5-8-16-9-7-14-10(16)2/h7,9,11H,3-6,8,13H2,1-2H3,(H,15,17)/t11-/m0/s1. The third-order valence-corrected chi connectivity index (χ3v) is 2.83. The van der Waals surface area contributed by atoms with Crippen LogP contribution in [0.5, 0.6) is 0 Å². The van der Waals surface area contributed by atoms with E-state index in [0.717, 1.165) is 25.2 Å². The summed E-state index contributed by atoms with van der Waals surface area (Å²) in [4.78, 5) is 15.5. The number of carbonyl (C=O) groups is 1. The predicted octanol–water partition coefficient (Wildman–Crippen LogP) is 0.825. The van der Waals surface area contributed by atoms with Crippen molar-refractivity contribution in [2.24, 2.45) is 5.73 Å². The first-order valence-electron chi connectivity index (χ1n) is 6.16. The van der Waals surface area contributed by atoms with Crippen LogP contribution in [0.3, 0.4) is 0 Å². The SMILES string of the molecule is CC[C@H](N)C(=O)NCCCCn1ccnc1C. The number of nitrogens with one attached hydrogen (secondary N) is 1. The van der Waals surface area contributed by atoms with Crippen LogP contribution in [0.25, 0.3) is 0 Å². The van der Waals surface area contributed by atoms with Gasteiger partial charge in [0.15, 0.2) is 0 Å². The molecule has 0 spiro atoms. The van der Waals surface area contributed by atoms with Gasteiger partial charge in [0.2, 0.25) is 5.91 Å². The van der Waals surface area contributed by atoms with E-state index in [-0.39, 0.29) is 11.9 Å². The van der Waals surface area contributed by atoms with Crippen molar-refractivity contribution in [1.29, 1.82) is 0 Å². The summed E-state index contributed by atoms with van der Waals surface area (Å²) in [6.45, 7) is 5.54. The Morgan fingerprint density at radius 2 is 2.35 bits per heavy atom. The maximum Gasteiger partial charge on any atom is 0.236 e. The van der Waals surface area contributed by atoms with Crippen LogP contribution in [-0.4, -0.2) is 28.0 Å². The number of unbranched alkanes of at least 4 members (excludes halogenated alkanes) is 1. The molecule has 1 rings (SSSR count). The molecule has 0 bridgehead atoms. The summed E-state index contributed by atoms with van der Waals surface area (Å²) in [5.41, 5.74) is 5.60. The van der Waals surface area contributed by atoms with Gasteiger partial charge in [-0.25, -0.2) is 4.98 Å². The molecule has 0 aliphatic carbocycles. The van der Waals surface area contributed by atoms with Crippen LogP contribution in [0.1, 0.15) is 32.0 Å². The zero-order valence-corrected chi connectivity index (χ0v) is 10.6. The van der Waals surface area contributed by atoms with E-state index in [0.29, 0.717) is 13.0 Å². The van der Waals surface area contributed by atoms with Crippen LogP contribution in [-0.2, 0) is 11.3 Å². The summed E-state index contributed by atoms with van der Waals surface area (Å²) in [7, 11) is 0. The minimum absolute atomic E-state index is 0.0497. The van der Waals surface area contributed by atoms with Crippen molar-refractivity contribution in [2.45, 2.75) is 45.7 Å². The Hall–Kier alpha value is -1.36. The molecule has 0 aromatic carbocycles. The highest BCUT2D eigenvalue weighted by Crippen LogP contribution is 1.99. The smallest absolute Gasteiger partial charge is 0.236 e. The second-order valence-electron chi connectivity index (χ2n) is 4.18. The lowest BCUT2D eigenvalue weighted by Gasteiger charge is -2.10. The van der Waals surface area contributed by atoms with Crippen molar-refractivity contribution in [2.75, 3.05) is 6.54 Å². The number of amides is 1. The molecule has 0 fully saturated rings. The highest BCUT2D eigenvalue weighted by atomic mass is 16.2. The molecule has 1 heterocycles. The van der Waals surface area contributed by atoms with Crippen LogP contribution < -0.4 is 11.1 Å². The number of nitrogens with two attached hydrogens (primary N) is 1. The summed E-state index contributed by atoms with van der Waals surface area (Å²) < 4.78 is 2.11. The molecule has 5 nitrogen and oxygen atoms in total. The van der Waals surface area contributed by atoms with Crippen LogP contribution >= 0.6 is 0 Å². The average Bonchev–Trinajstić information content (AvgIpc) is 2.73. The second kappa shape index (κ2) is 7.06. The van der Waals surface area contributed by atoms with Gasteiger partial charge in [0, 0.05) is 25.5 Å². The molecule has 3 N–H and O–H groups in total. The Morgan fingerprint density at radius 3 is 2.94 bits per heavy atom. The van der Waals surface area contributed by atoms with Crippen molar-refractivity contribution in [3.8, 4) is 0 Å². The molecule has 0 radical (unpaired) electrons. The number of aryl methyl sites for hydroxylation is 2. The molecule has 1 atom stereocenters. The van der Waals surface area contributed by atoms with E-state index >= 15 is 0 Å². The molecule has 1 aromatic rings. The number of carbonyl (C=O) groups excluding carboxylic acids is 1. The second-order valence-corrected chi connectivity index (χ2v) is 4.18. The number of rotatable bonds is 7. The fourth-order valence-corrected chi connectivity index (χ4v) is 1.58. The van der Waals surface area contributed by atoms with Gasteiger partial charge in [0.05, 0.1) is 6.04 Å². The Balaban J connectivity index is 2.09. The predicted molar refractivity (Wildman–Crippen MR) is 67.5 cm³/mol. The number of imidazole rings is 1. The Morgan fingerprint density at radius 1 is 1.59 bits per heavy atom. The van der Waals surface area contributed by atoms with Gasteiger partial charge in [0.1, 0.15) is 5.82 Å². The fraction of sp³-hybridized carbons (Fsp3) is 0.667. The summed E-state index contributed by atoms with van der Waals surface area (Å²) in [6, 6.07) is -0.370. The molecule has 5 heteroatoms. The molecule has 0 unspecified atom stereocenters.